The number of nitrogens with zero attached hydrogens (tertiary/aromatic N) is 2. The van der Waals surface area contributed by atoms with Gasteiger partial charge in [-0.15, -0.1) is 12.4 Å². The number of hydrogen-bond donors (Lipinski definition) is 1. The van der Waals surface area contributed by atoms with Crippen molar-refractivity contribution >= 4 is 24.0 Å². The first-order valence-electron chi connectivity index (χ1n) is 5.63. The van der Waals surface area contributed by atoms with E-state index in [2.05, 4.69) is 15.3 Å². The van der Waals surface area contributed by atoms with Gasteiger partial charge < -0.3 is 10.1 Å². The number of ether oxygens (including phenoxy) is 1. The summed E-state index contributed by atoms with van der Waals surface area (Å²) in [6, 6.07) is 2.31. The summed E-state index contributed by atoms with van der Waals surface area (Å²) in [5.74, 6) is 0. The van der Waals surface area contributed by atoms with Gasteiger partial charge in [-0.3, -0.25) is 0 Å². The van der Waals surface area contributed by atoms with Crippen molar-refractivity contribution in [1.29, 1.82) is 0 Å². The Bertz CT molecular complexity index is 332. The van der Waals surface area contributed by atoms with Crippen LogP contribution in [-0.4, -0.2) is 29.2 Å². The predicted octanol–water partition coefficient (Wildman–Crippen LogP) is 2.21. The van der Waals surface area contributed by atoms with E-state index in [-0.39, 0.29) is 17.7 Å². The van der Waals surface area contributed by atoms with Gasteiger partial charge in [0, 0.05) is 12.2 Å². The summed E-state index contributed by atoms with van der Waals surface area (Å²) in [4.78, 5) is 7.89. The monoisotopic (exact) mass is 277 g/mol. The molecule has 0 radical (unpaired) electrons. The molecule has 0 spiro atoms. The van der Waals surface area contributed by atoms with E-state index in [1.54, 1.807) is 6.20 Å². The third kappa shape index (κ3) is 5.17. The predicted molar refractivity (Wildman–Crippen MR) is 69.6 cm³/mol. The maximum Gasteiger partial charge on any atom is 0.222 e. The van der Waals surface area contributed by atoms with Crippen molar-refractivity contribution < 1.29 is 4.74 Å². The van der Waals surface area contributed by atoms with Crippen LogP contribution in [0.5, 0.6) is 0 Å². The first-order valence-corrected chi connectivity index (χ1v) is 6.01. The molecule has 6 heteroatoms. The molecule has 1 aromatic heterocycles. The summed E-state index contributed by atoms with van der Waals surface area (Å²) in [7, 11) is 0. The van der Waals surface area contributed by atoms with Gasteiger partial charge >= 0.3 is 0 Å². The zero-order valence-corrected chi connectivity index (χ0v) is 11.1. The van der Waals surface area contributed by atoms with Crippen LogP contribution in [0.3, 0.4) is 0 Å². The fourth-order valence-corrected chi connectivity index (χ4v) is 1.99. The van der Waals surface area contributed by atoms with Crippen LogP contribution in [0.4, 0.5) is 0 Å². The number of aromatic nitrogens is 2. The lowest BCUT2D eigenvalue weighted by Gasteiger charge is -2.23. The van der Waals surface area contributed by atoms with E-state index in [4.69, 9.17) is 16.3 Å². The molecule has 17 heavy (non-hydrogen) atoms. The smallest absolute Gasteiger partial charge is 0.222 e. The Morgan fingerprint density at radius 1 is 1.47 bits per heavy atom. The molecule has 1 atom stereocenters. The standard InChI is InChI=1S/C11H16ClN3O.ClH/c12-11-14-6-4-10(15-11)8-16-7-9-3-1-2-5-13-9;/h4,6,9,13H,1-3,5,7-8H2;1H. The minimum atomic E-state index is 0. The number of halogens is 2. The number of rotatable bonds is 4. The molecule has 0 amide bonds. The first kappa shape index (κ1) is 14.6. The molecule has 2 rings (SSSR count). The molecule has 1 aliphatic rings. The van der Waals surface area contributed by atoms with Crippen molar-refractivity contribution in [2.24, 2.45) is 0 Å². The molecule has 0 aliphatic carbocycles. The average Bonchev–Trinajstić information content (AvgIpc) is 2.30. The molecule has 1 aromatic rings. The molecule has 2 heterocycles. The zero-order chi connectivity index (χ0) is 11.2. The summed E-state index contributed by atoms with van der Waals surface area (Å²) >= 11 is 5.68. The molecular formula is C11H17Cl2N3O. The highest BCUT2D eigenvalue weighted by molar-refractivity contribution is 6.28. The molecule has 4 nitrogen and oxygen atoms in total. The van der Waals surface area contributed by atoms with Gasteiger partial charge in [-0.1, -0.05) is 6.42 Å². The quantitative estimate of drug-likeness (QED) is 0.858. The highest BCUT2D eigenvalue weighted by Gasteiger charge is 2.12. The van der Waals surface area contributed by atoms with E-state index in [0.717, 1.165) is 18.8 Å². The van der Waals surface area contributed by atoms with Crippen LogP contribution < -0.4 is 5.32 Å². The minimum Gasteiger partial charge on any atom is -0.374 e. The molecular weight excluding hydrogens is 261 g/mol. The summed E-state index contributed by atoms with van der Waals surface area (Å²) in [6.45, 7) is 2.34. The first-order chi connectivity index (χ1) is 7.84. The van der Waals surface area contributed by atoms with Gasteiger partial charge in [-0.25, -0.2) is 9.97 Å². The van der Waals surface area contributed by atoms with Crippen molar-refractivity contribution in [3.05, 3.63) is 23.2 Å². The van der Waals surface area contributed by atoms with Crippen molar-refractivity contribution in [2.75, 3.05) is 13.2 Å². The summed E-state index contributed by atoms with van der Waals surface area (Å²) in [5, 5.41) is 3.71. The molecule has 0 bridgehead atoms. The number of nitrogens with one attached hydrogen (secondary N) is 1. The topological polar surface area (TPSA) is 47.0 Å². The van der Waals surface area contributed by atoms with E-state index in [1.807, 2.05) is 6.07 Å². The van der Waals surface area contributed by atoms with E-state index in [0.29, 0.717) is 12.6 Å². The SMILES string of the molecule is Cl.Clc1nccc(COCC2CCCCN2)n1. The maximum absolute atomic E-state index is 5.68. The second kappa shape index (κ2) is 7.82. The van der Waals surface area contributed by atoms with Crippen LogP contribution in [-0.2, 0) is 11.3 Å². The lowest BCUT2D eigenvalue weighted by atomic mass is 10.1. The molecule has 1 aliphatic heterocycles. The molecule has 0 aromatic carbocycles. The Balaban J connectivity index is 0.00000144. The van der Waals surface area contributed by atoms with E-state index >= 15 is 0 Å². The molecule has 1 fully saturated rings. The van der Waals surface area contributed by atoms with Gasteiger partial charge in [0.25, 0.3) is 0 Å². The van der Waals surface area contributed by atoms with Gasteiger partial charge in [0.05, 0.1) is 18.9 Å². The Kier molecular flexibility index (Phi) is 6.73. The Morgan fingerprint density at radius 3 is 3.06 bits per heavy atom. The van der Waals surface area contributed by atoms with Crippen LogP contribution >= 0.6 is 24.0 Å². The summed E-state index contributed by atoms with van der Waals surface area (Å²) < 4.78 is 5.60. The van der Waals surface area contributed by atoms with E-state index in [1.165, 1.54) is 19.3 Å². The van der Waals surface area contributed by atoms with Crippen molar-refractivity contribution in [1.82, 2.24) is 15.3 Å². The largest absolute Gasteiger partial charge is 0.374 e. The zero-order valence-electron chi connectivity index (χ0n) is 9.56. The summed E-state index contributed by atoms with van der Waals surface area (Å²) in [5.41, 5.74) is 0.829. The summed E-state index contributed by atoms with van der Waals surface area (Å²) in [6.07, 6.45) is 5.41. The van der Waals surface area contributed by atoms with Gasteiger partial charge in [0.15, 0.2) is 0 Å². The van der Waals surface area contributed by atoms with Crippen LogP contribution in [0.25, 0.3) is 0 Å². The van der Waals surface area contributed by atoms with Crippen molar-refractivity contribution in [3.8, 4) is 0 Å². The van der Waals surface area contributed by atoms with Crippen LogP contribution in [0.15, 0.2) is 12.3 Å². The van der Waals surface area contributed by atoms with Gasteiger partial charge in [-0.2, -0.15) is 0 Å². The third-order valence-electron chi connectivity index (χ3n) is 2.67. The highest BCUT2D eigenvalue weighted by Crippen LogP contribution is 2.08. The van der Waals surface area contributed by atoms with Crippen molar-refractivity contribution in [2.45, 2.75) is 31.9 Å². The van der Waals surface area contributed by atoms with Crippen LogP contribution in [0, 0.1) is 0 Å². The Morgan fingerprint density at radius 2 is 2.35 bits per heavy atom. The van der Waals surface area contributed by atoms with Gasteiger partial charge in [0.1, 0.15) is 0 Å². The maximum atomic E-state index is 5.68. The van der Waals surface area contributed by atoms with E-state index < -0.39 is 0 Å². The fourth-order valence-electron chi connectivity index (χ4n) is 1.82. The lowest BCUT2D eigenvalue weighted by Crippen LogP contribution is -2.37. The highest BCUT2D eigenvalue weighted by atomic mass is 35.5. The molecule has 0 saturated carbocycles. The third-order valence-corrected chi connectivity index (χ3v) is 2.85. The number of hydrogen-bond acceptors (Lipinski definition) is 4. The molecule has 1 N–H and O–H groups in total. The second-order valence-corrected chi connectivity index (χ2v) is 4.32. The normalized spacial score (nSPS) is 19.7. The van der Waals surface area contributed by atoms with Crippen molar-refractivity contribution in [3.63, 3.8) is 0 Å². The Labute approximate surface area is 113 Å². The van der Waals surface area contributed by atoms with Crippen LogP contribution in [0.1, 0.15) is 25.0 Å². The molecule has 1 unspecified atom stereocenters. The average molecular weight is 278 g/mol. The fraction of sp³-hybridized carbons (Fsp3) is 0.636. The Hall–Kier alpha value is -0.420. The minimum absolute atomic E-state index is 0. The number of piperidine rings is 1. The van der Waals surface area contributed by atoms with Gasteiger partial charge in [0.2, 0.25) is 5.28 Å². The lowest BCUT2D eigenvalue weighted by molar-refractivity contribution is 0.0890. The molecule has 96 valence electrons. The second-order valence-electron chi connectivity index (χ2n) is 3.98. The van der Waals surface area contributed by atoms with E-state index in [9.17, 15) is 0 Å². The molecule has 1 saturated heterocycles. The van der Waals surface area contributed by atoms with Gasteiger partial charge in [-0.05, 0) is 37.1 Å². The van der Waals surface area contributed by atoms with Crippen LogP contribution in [0.2, 0.25) is 5.28 Å².